The van der Waals surface area contributed by atoms with Gasteiger partial charge in [-0.05, 0) is 18.5 Å². The molecule has 1 rings (SSSR count). The van der Waals surface area contributed by atoms with Crippen LogP contribution in [0, 0.1) is 10.1 Å². The molecule has 1 aromatic rings. The monoisotopic (exact) mass is 163 g/mol. The van der Waals surface area contributed by atoms with Gasteiger partial charge in [-0.3, -0.25) is 10.1 Å². The fourth-order valence-electron chi connectivity index (χ4n) is 0.692. The maximum Gasteiger partial charge on any atom is 0.314 e. The van der Waals surface area contributed by atoms with Crippen molar-refractivity contribution in [1.82, 2.24) is 4.98 Å². The van der Waals surface area contributed by atoms with Crippen molar-refractivity contribution in [2.24, 2.45) is 4.99 Å². The average Bonchev–Trinajstić information content (AvgIpc) is 2.05. The second-order valence-electron chi connectivity index (χ2n) is 1.87. The second kappa shape index (κ2) is 3.41. The lowest BCUT2D eigenvalue weighted by atomic mass is 10.4. The molecule has 0 aliphatic carbocycles. The second-order valence-corrected chi connectivity index (χ2v) is 1.87. The first-order valence-corrected chi connectivity index (χ1v) is 3.08. The van der Waals surface area contributed by atoms with Crippen molar-refractivity contribution >= 4 is 17.4 Å². The van der Waals surface area contributed by atoms with Crippen LogP contribution in [0.25, 0.3) is 0 Å². The quantitative estimate of drug-likeness (QED) is 0.376. The van der Waals surface area contributed by atoms with E-state index in [9.17, 15) is 10.1 Å². The largest absolute Gasteiger partial charge is 0.314 e. The third-order valence-corrected chi connectivity index (χ3v) is 1.15. The summed E-state index contributed by atoms with van der Waals surface area (Å²) in [5.41, 5.74) is -0.145. The van der Waals surface area contributed by atoms with Crippen molar-refractivity contribution < 1.29 is 4.92 Å². The van der Waals surface area contributed by atoms with Gasteiger partial charge in [-0.25, -0.2) is 4.98 Å². The zero-order valence-electron chi connectivity index (χ0n) is 6.10. The van der Waals surface area contributed by atoms with E-state index in [1.807, 2.05) is 0 Å². The van der Waals surface area contributed by atoms with Gasteiger partial charge in [0.2, 0.25) is 5.82 Å². The van der Waals surface area contributed by atoms with E-state index in [0.717, 1.165) is 0 Å². The fraction of sp³-hybridized carbons (Fsp3) is 0. The van der Waals surface area contributed by atoms with Crippen molar-refractivity contribution in [2.45, 2.75) is 0 Å². The number of nitrogens with zero attached hydrogens (tertiary/aromatic N) is 3. The molecule has 5 heteroatoms. The maximum atomic E-state index is 10.4. The number of hydrogen-bond acceptors (Lipinski definition) is 4. The summed E-state index contributed by atoms with van der Waals surface area (Å²) in [6, 6.07) is 2.80. The highest BCUT2D eigenvalue weighted by molar-refractivity contribution is 5.60. The molecule has 0 amide bonds. The summed E-state index contributed by atoms with van der Waals surface area (Å²) in [6.07, 6.45) is 1.42. The number of nitro groups is 1. The van der Waals surface area contributed by atoms with E-state index in [1.165, 1.54) is 18.3 Å². The van der Waals surface area contributed by atoms with Gasteiger partial charge in [-0.15, -0.1) is 0 Å². The van der Waals surface area contributed by atoms with Gasteiger partial charge in [-0.2, -0.15) is 4.99 Å². The SMILES string of the molecule is C=C=Nc1ncccc1[N+](=O)[O-]. The molecule has 0 unspecified atom stereocenters. The van der Waals surface area contributed by atoms with Gasteiger partial charge < -0.3 is 0 Å². The van der Waals surface area contributed by atoms with Crippen LogP contribution in [0.2, 0.25) is 0 Å². The Balaban J connectivity index is 3.26. The predicted molar refractivity (Wildman–Crippen MR) is 43.6 cm³/mol. The summed E-state index contributed by atoms with van der Waals surface area (Å²) in [5, 5.41) is 10.4. The number of pyridine rings is 1. The molecule has 0 aromatic carbocycles. The number of rotatable bonds is 2. The van der Waals surface area contributed by atoms with E-state index in [-0.39, 0.29) is 11.5 Å². The maximum absolute atomic E-state index is 10.4. The number of aliphatic imine (C=N–C) groups is 1. The van der Waals surface area contributed by atoms with E-state index in [2.05, 4.69) is 22.4 Å². The Morgan fingerprint density at radius 1 is 1.75 bits per heavy atom. The molecule has 0 aliphatic rings. The van der Waals surface area contributed by atoms with Crippen LogP contribution < -0.4 is 0 Å². The topological polar surface area (TPSA) is 68.4 Å². The van der Waals surface area contributed by atoms with Crippen LogP contribution in [-0.2, 0) is 0 Å². The molecule has 0 bridgehead atoms. The molecular weight excluding hydrogens is 158 g/mol. The summed E-state index contributed by atoms with van der Waals surface area (Å²) >= 11 is 0. The molecule has 12 heavy (non-hydrogen) atoms. The molecule has 0 aliphatic heterocycles. The number of aromatic nitrogens is 1. The minimum atomic E-state index is -0.552. The van der Waals surface area contributed by atoms with Gasteiger partial charge in [-0.1, -0.05) is 0 Å². The van der Waals surface area contributed by atoms with Crippen LogP contribution in [0.5, 0.6) is 0 Å². The van der Waals surface area contributed by atoms with Gasteiger partial charge >= 0.3 is 5.69 Å². The minimum Gasteiger partial charge on any atom is -0.258 e. The zero-order valence-corrected chi connectivity index (χ0v) is 6.10. The van der Waals surface area contributed by atoms with Crippen molar-refractivity contribution in [2.75, 3.05) is 0 Å². The summed E-state index contributed by atoms with van der Waals surface area (Å²) < 4.78 is 0. The molecule has 0 radical (unpaired) electrons. The molecule has 5 nitrogen and oxygen atoms in total. The summed E-state index contributed by atoms with van der Waals surface area (Å²) in [5.74, 6) is 2.21. The van der Waals surface area contributed by atoms with E-state index in [0.29, 0.717) is 0 Å². The van der Waals surface area contributed by atoms with Crippen molar-refractivity contribution in [3.63, 3.8) is 0 Å². The molecule has 1 heterocycles. The molecule has 0 spiro atoms. The Kier molecular flexibility index (Phi) is 2.30. The summed E-state index contributed by atoms with van der Waals surface area (Å²) in [7, 11) is 0. The van der Waals surface area contributed by atoms with Crippen LogP contribution in [0.15, 0.2) is 29.9 Å². The lowest BCUT2D eigenvalue weighted by molar-refractivity contribution is -0.384. The smallest absolute Gasteiger partial charge is 0.258 e. The first-order valence-electron chi connectivity index (χ1n) is 3.08. The summed E-state index contributed by atoms with van der Waals surface area (Å²) in [4.78, 5) is 17.0. The van der Waals surface area contributed by atoms with E-state index in [4.69, 9.17) is 0 Å². The highest BCUT2D eigenvalue weighted by Crippen LogP contribution is 2.22. The zero-order chi connectivity index (χ0) is 8.97. The highest BCUT2D eigenvalue weighted by atomic mass is 16.6. The van der Waals surface area contributed by atoms with Gasteiger partial charge in [0.1, 0.15) is 0 Å². The lowest BCUT2D eigenvalue weighted by Crippen LogP contribution is -1.89. The van der Waals surface area contributed by atoms with Crippen molar-refractivity contribution in [3.8, 4) is 0 Å². The van der Waals surface area contributed by atoms with Gasteiger partial charge in [0, 0.05) is 12.3 Å². The molecule has 0 fully saturated rings. The molecule has 0 saturated carbocycles. The van der Waals surface area contributed by atoms with Gasteiger partial charge in [0.05, 0.1) is 4.92 Å². The first kappa shape index (κ1) is 8.10. The Bertz CT molecular complexity index is 334. The highest BCUT2D eigenvalue weighted by Gasteiger charge is 2.11. The molecule has 0 N–H and O–H groups in total. The van der Waals surface area contributed by atoms with Crippen LogP contribution >= 0.6 is 0 Å². The van der Waals surface area contributed by atoms with E-state index < -0.39 is 4.92 Å². The Morgan fingerprint density at radius 3 is 3.08 bits per heavy atom. The molecular formula is C7H5N3O2. The van der Waals surface area contributed by atoms with Crippen LogP contribution in [-0.4, -0.2) is 15.8 Å². The van der Waals surface area contributed by atoms with Crippen LogP contribution in [0.4, 0.5) is 11.5 Å². The molecule has 1 aromatic heterocycles. The van der Waals surface area contributed by atoms with Crippen LogP contribution in [0.1, 0.15) is 0 Å². The Morgan fingerprint density at radius 2 is 2.50 bits per heavy atom. The Labute approximate surface area is 68.2 Å². The van der Waals surface area contributed by atoms with Crippen molar-refractivity contribution in [1.29, 1.82) is 0 Å². The summed E-state index contributed by atoms with van der Waals surface area (Å²) in [6.45, 7) is 3.20. The van der Waals surface area contributed by atoms with Crippen molar-refractivity contribution in [3.05, 3.63) is 35.0 Å². The average molecular weight is 163 g/mol. The van der Waals surface area contributed by atoms with E-state index in [1.54, 1.807) is 0 Å². The lowest BCUT2D eigenvalue weighted by Gasteiger charge is -1.91. The normalized spacial score (nSPS) is 8.67. The van der Waals surface area contributed by atoms with Gasteiger partial charge in [0.25, 0.3) is 0 Å². The molecule has 0 saturated heterocycles. The Hall–Kier alpha value is -2.00. The third kappa shape index (κ3) is 1.53. The number of hydrogen-bond donors (Lipinski definition) is 0. The van der Waals surface area contributed by atoms with Crippen LogP contribution in [0.3, 0.4) is 0 Å². The van der Waals surface area contributed by atoms with Gasteiger partial charge in [0.15, 0.2) is 0 Å². The predicted octanol–water partition coefficient (Wildman–Crippen LogP) is 1.48. The molecule has 0 atom stereocenters. The fourth-order valence-corrected chi connectivity index (χ4v) is 0.692. The standard InChI is InChI=1S/C7H5N3O2/c1-2-8-7-6(10(11)12)4-3-5-9-7/h3-5H,1H2. The third-order valence-electron chi connectivity index (χ3n) is 1.15. The van der Waals surface area contributed by atoms with E-state index >= 15 is 0 Å². The first-order chi connectivity index (χ1) is 5.75. The molecule has 60 valence electrons. The minimum absolute atomic E-state index is 0.0255.